The molecule has 0 unspecified atom stereocenters. The molecule has 5 nitrogen and oxygen atoms in total. The molecule has 0 aliphatic rings. The summed E-state index contributed by atoms with van der Waals surface area (Å²) in [7, 11) is 1.87. The zero-order valence-corrected chi connectivity index (χ0v) is 9.36. The van der Waals surface area contributed by atoms with E-state index in [9.17, 15) is 0 Å². The third kappa shape index (κ3) is 1.83. The van der Waals surface area contributed by atoms with E-state index in [0.717, 1.165) is 11.5 Å². The summed E-state index contributed by atoms with van der Waals surface area (Å²) in [5, 5.41) is 4.86. The number of halogens is 1. The van der Waals surface area contributed by atoms with Crippen molar-refractivity contribution in [3.63, 3.8) is 0 Å². The number of rotatable bonds is 2. The molecule has 2 aromatic rings. The van der Waals surface area contributed by atoms with E-state index < -0.39 is 0 Å². The summed E-state index contributed by atoms with van der Waals surface area (Å²) < 4.78 is 3.57. The summed E-state index contributed by atoms with van der Waals surface area (Å²) in [4.78, 5) is 4.18. The molecule has 2 heterocycles. The summed E-state index contributed by atoms with van der Waals surface area (Å²) >= 11 is 5.88. The van der Waals surface area contributed by atoms with Crippen molar-refractivity contribution < 1.29 is 0 Å². The molecule has 6 heteroatoms. The fourth-order valence-electron chi connectivity index (χ4n) is 1.33. The number of aryl methyl sites for hydroxylation is 1. The molecule has 0 aliphatic heterocycles. The van der Waals surface area contributed by atoms with E-state index in [0.29, 0.717) is 17.4 Å². The minimum absolute atomic E-state index is 0.571. The summed E-state index contributed by atoms with van der Waals surface area (Å²) in [5.74, 6) is 0.850. The first-order chi connectivity index (χ1) is 7.08. The van der Waals surface area contributed by atoms with Crippen molar-refractivity contribution >= 4 is 17.3 Å². The van der Waals surface area contributed by atoms with Gasteiger partial charge in [-0.05, 0) is 6.92 Å². The quantitative estimate of drug-likeness (QED) is 0.836. The van der Waals surface area contributed by atoms with Crippen LogP contribution >= 0.6 is 11.6 Å². The minimum atomic E-state index is 0.571. The topological polar surface area (TPSA) is 61.7 Å². The highest BCUT2D eigenvalue weighted by Gasteiger charge is 2.07. The molecule has 0 spiro atoms. The molecule has 2 rings (SSSR count). The second-order valence-electron chi connectivity index (χ2n) is 3.42. The molecule has 2 aromatic heterocycles. The number of imidazole rings is 1. The Labute approximate surface area is 92.5 Å². The maximum atomic E-state index is 5.88. The molecule has 0 saturated carbocycles. The smallest absolute Gasteiger partial charge is 0.131 e. The first kappa shape index (κ1) is 10.0. The average molecular weight is 226 g/mol. The number of anilines is 1. The van der Waals surface area contributed by atoms with E-state index in [1.807, 2.05) is 18.5 Å². The van der Waals surface area contributed by atoms with Gasteiger partial charge in [0.15, 0.2) is 0 Å². The molecule has 2 N–H and O–H groups in total. The van der Waals surface area contributed by atoms with E-state index in [1.165, 1.54) is 0 Å². The molecule has 0 amide bonds. The zero-order chi connectivity index (χ0) is 11.0. The molecule has 0 fully saturated rings. The fourth-order valence-corrected chi connectivity index (χ4v) is 1.48. The Balaban J connectivity index is 2.25. The van der Waals surface area contributed by atoms with Gasteiger partial charge in [0.2, 0.25) is 0 Å². The number of hydrogen-bond acceptors (Lipinski definition) is 3. The van der Waals surface area contributed by atoms with E-state index in [-0.39, 0.29) is 0 Å². The molecule has 80 valence electrons. The number of nitrogens with two attached hydrogens (primary N) is 1. The maximum Gasteiger partial charge on any atom is 0.131 e. The fraction of sp³-hybridized carbons (Fsp3) is 0.333. The van der Waals surface area contributed by atoms with Crippen molar-refractivity contribution in [3.05, 3.63) is 29.1 Å². The Morgan fingerprint density at radius 1 is 1.53 bits per heavy atom. The van der Waals surface area contributed by atoms with Crippen molar-refractivity contribution in [1.82, 2.24) is 19.3 Å². The second-order valence-corrected chi connectivity index (χ2v) is 3.81. The average Bonchev–Trinajstić information content (AvgIpc) is 2.65. The van der Waals surface area contributed by atoms with Crippen molar-refractivity contribution in [2.45, 2.75) is 13.5 Å². The van der Waals surface area contributed by atoms with Gasteiger partial charge in [-0.25, -0.2) is 4.98 Å². The summed E-state index contributed by atoms with van der Waals surface area (Å²) in [6, 6.07) is 0. The third-order valence-electron chi connectivity index (χ3n) is 2.32. The van der Waals surface area contributed by atoms with Crippen LogP contribution in [0.2, 0.25) is 5.15 Å². The van der Waals surface area contributed by atoms with Crippen LogP contribution in [0.15, 0.2) is 12.4 Å². The van der Waals surface area contributed by atoms with Crippen LogP contribution in [-0.4, -0.2) is 19.3 Å². The predicted octanol–water partition coefficient (Wildman–Crippen LogP) is 1.21. The van der Waals surface area contributed by atoms with Gasteiger partial charge in [-0.1, -0.05) is 11.6 Å². The molecular weight excluding hydrogens is 214 g/mol. The lowest BCUT2D eigenvalue weighted by molar-refractivity contribution is 0.627. The van der Waals surface area contributed by atoms with E-state index in [2.05, 4.69) is 10.1 Å². The number of nitrogen functional groups attached to an aromatic ring is 1. The van der Waals surface area contributed by atoms with Crippen LogP contribution < -0.4 is 5.73 Å². The Morgan fingerprint density at radius 3 is 2.73 bits per heavy atom. The summed E-state index contributed by atoms with van der Waals surface area (Å²) in [6.07, 6.45) is 3.41. The molecule has 0 atom stereocenters. The van der Waals surface area contributed by atoms with Gasteiger partial charge in [0.1, 0.15) is 11.0 Å². The van der Waals surface area contributed by atoms with E-state index in [4.69, 9.17) is 17.3 Å². The van der Waals surface area contributed by atoms with Gasteiger partial charge in [0.05, 0.1) is 24.1 Å². The molecule has 0 saturated heterocycles. The second kappa shape index (κ2) is 3.58. The van der Waals surface area contributed by atoms with Gasteiger partial charge in [-0.3, -0.25) is 4.68 Å². The number of aromatic nitrogens is 4. The first-order valence-electron chi connectivity index (χ1n) is 4.53. The SMILES string of the molecule is Cc1nn(Cc2ncc(Cl)n2C)cc1N. The van der Waals surface area contributed by atoms with Gasteiger partial charge in [0.25, 0.3) is 0 Å². The largest absolute Gasteiger partial charge is 0.396 e. The molecule has 0 bridgehead atoms. The molecule has 15 heavy (non-hydrogen) atoms. The van der Waals surface area contributed by atoms with Crippen LogP contribution in [0.25, 0.3) is 0 Å². The summed E-state index contributed by atoms with van der Waals surface area (Å²) in [6.45, 7) is 2.44. The maximum absolute atomic E-state index is 5.88. The standard InChI is InChI=1S/C9H12ClN5/c1-6-7(11)4-15(13-6)5-9-12-3-8(10)14(9)2/h3-4H,5,11H2,1-2H3. The Bertz CT molecular complexity index is 465. The highest BCUT2D eigenvalue weighted by Crippen LogP contribution is 2.12. The van der Waals surface area contributed by atoms with Gasteiger partial charge in [-0.2, -0.15) is 5.10 Å². The lowest BCUT2D eigenvalue weighted by Gasteiger charge is -2.02. The number of nitrogens with zero attached hydrogens (tertiary/aromatic N) is 4. The van der Waals surface area contributed by atoms with Crippen LogP contribution in [0.4, 0.5) is 5.69 Å². The highest BCUT2D eigenvalue weighted by atomic mass is 35.5. The van der Waals surface area contributed by atoms with Gasteiger partial charge in [0, 0.05) is 13.2 Å². The van der Waals surface area contributed by atoms with Gasteiger partial charge < -0.3 is 10.3 Å². The number of hydrogen-bond donors (Lipinski definition) is 1. The van der Waals surface area contributed by atoms with Crippen LogP contribution in [-0.2, 0) is 13.6 Å². The lowest BCUT2D eigenvalue weighted by atomic mass is 10.4. The van der Waals surface area contributed by atoms with Crippen LogP contribution in [0.3, 0.4) is 0 Å². The monoisotopic (exact) mass is 225 g/mol. The lowest BCUT2D eigenvalue weighted by Crippen LogP contribution is -2.06. The van der Waals surface area contributed by atoms with Crippen LogP contribution in [0.1, 0.15) is 11.5 Å². The zero-order valence-electron chi connectivity index (χ0n) is 8.61. The van der Waals surface area contributed by atoms with Gasteiger partial charge in [-0.15, -0.1) is 0 Å². The normalized spacial score (nSPS) is 10.9. The molecule has 0 aromatic carbocycles. The van der Waals surface area contributed by atoms with Crippen molar-refractivity contribution in [2.24, 2.45) is 7.05 Å². The van der Waals surface area contributed by atoms with Crippen molar-refractivity contribution in [2.75, 3.05) is 5.73 Å². The van der Waals surface area contributed by atoms with Crippen LogP contribution in [0.5, 0.6) is 0 Å². The molecule has 0 aliphatic carbocycles. The first-order valence-corrected chi connectivity index (χ1v) is 4.91. The highest BCUT2D eigenvalue weighted by molar-refractivity contribution is 6.29. The summed E-state index contributed by atoms with van der Waals surface area (Å²) in [5.41, 5.74) is 7.22. The Hall–Kier alpha value is -1.49. The van der Waals surface area contributed by atoms with E-state index >= 15 is 0 Å². The van der Waals surface area contributed by atoms with E-state index in [1.54, 1.807) is 17.1 Å². The molecule has 0 radical (unpaired) electrons. The van der Waals surface area contributed by atoms with Crippen molar-refractivity contribution in [1.29, 1.82) is 0 Å². The predicted molar refractivity (Wildman–Crippen MR) is 58.7 cm³/mol. The van der Waals surface area contributed by atoms with Crippen LogP contribution in [0, 0.1) is 6.92 Å². The van der Waals surface area contributed by atoms with Gasteiger partial charge >= 0.3 is 0 Å². The Kier molecular flexibility index (Phi) is 2.40. The Morgan fingerprint density at radius 2 is 2.27 bits per heavy atom. The third-order valence-corrected chi connectivity index (χ3v) is 2.67. The van der Waals surface area contributed by atoms with Crippen molar-refractivity contribution in [3.8, 4) is 0 Å². The minimum Gasteiger partial charge on any atom is -0.396 e. The molecular formula is C9H12ClN5.